The number of carbonyl (C=O) groups is 1. The largest absolute Gasteiger partial charge is 0.335 e. The highest BCUT2D eigenvalue weighted by Crippen LogP contribution is 2.29. The minimum absolute atomic E-state index is 0.0471. The van der Waals surface area contributed by atoms with Gasteiger partial charge in [0.05, 0.1) is 11.3 Å². The molecule has 132 valence electrons. The van der Waals surface area contributed by atoms with Gasteiger partial charge in [-0.3, -0.25) is 4.79 Å². The van der Waals surface area contributed by atoms with Crippen molar-refractivity contribution in [2.24, 2.45) is 5.14 Å². The fourth-order valence-electron chi connectivity index (χ4n) is 2.71. The maximum atomic E-state index is 12.7. The van der Waals surface area contributed by atoms with Gasteiger partial charge in [0.1, 0.15) is 0 Å². The predicted octanol–water partition coefficient (Wildman–Crippen LogP) is 2.83. The lowest BCUT2D eigenvalue weighted by Gasteiger charge is -2.23. The van der Waals surface area contributed by atoms with Crippen molar-refractivity contribution in [3.63, 3.8) is 0 Å². The lowest BCUT2D eigenvalue weighted by molar-refractivity contribution is -0.131. The Balaban J connectivity index is 1.71. The minimum Gasteiger partial charge on any atom is -0.335 e. The highest BCUT2D eigenvalue weighted by atomic mass is 79.9. The number of halogens is 1. The Bertz CT molecular complexity index is 877. The number of sulfonamides is 1. The molecule has 1 amide bonds. The predicted molar refractivity (Wildman–Crippen MR) is 99.2 cm³/mol. The van der Waals surface area contributed by atoms with E-state index in [0.29, 0.717) is 12.6 Å². The van der Waals surface area contributed by atoms with Crippen LogP contribution in [0.2, 0.25) is 0 Å². The lowest BCUT2D eigenvalue weighted by Crippen LogP contribution is -2.33. The smallest absolute Gasteiger partial charge is 0.238 e. The summed E-state index contributed by atoms with van der Waals surface area (Å²) in [5.41, 5.74) is 1.86. The van der Waals surface area contributed by atoms with Crippen molar-refractivity contribution in [3.05, 3.63) is 64.1 Å². The van der Waals surface area contributed by atoms with Gasteiger partial charge in [0.25, 0.3) is 0 Å². The second-order valence-corrected chi connectivity index (χ2v) is 8.73. The maximum Gasteiger partial charge on any atom is 0.238 e. The Morgan fingerprint density at radius 3 is 2.36 bits per heavy atom. The number of hydrogen-bond acceptors (Lipinski definition) is 3. The molecule has 1 fully saturated rings. The van der Waals surface area contributed by atoms with Gasteiger partial charge in [-0.25, -0.2) is 13.6 Å². The average Bonchev–Trinajstić information content (AvgIpc) is 3.37. The monoisotopic (exact) mass is 422 g/mol. The zero-order valence-corrected chi connectivity index (χ0v) is 16.0. The zero-order chi connectivity index (χ0) is 18.0. The number of nitrogens with two attached hydrogens (primary N) is 1. The number of nitrogens with zero attached hydrogens (tertiary/aromatic N) is 1. The first-order chi connectivity index (χ1) is 11.8. The minimum atomic E-state index is -3.71. The summed E-state index contributed by atoms with van der Waals surface area (Å²) >= 11 is 3.46. The maximum absolute atomic E-state index is 12.7. The Labute approximate surface area is 156 Å². The molecule has 2 aromatic carbocycles. The van der Waals surface area contributed by atoms with E-state index in [9.17, 15) is 13.2 Å². The number of benzene rings is 2. The molecule has 0 bridgehead atoms. The summed E-state index contributed by atoms with van der Waals surface area (Å²) in [6.07, 6.45) is 2.31. The van der Waals surface area contributed by atoms with Crippen LogP contribution in [0.1, 0.15) is 24.0 Å². The summed E-state index contributed by atoms with van der Waals surface area (Å²) < 4.78 is 23.6. The Morgan fingerprint density at radius 2 is 1.80 bits per heavy atom. The van der Waals surface area contributed by atoms with Crippen molar-refractivity contribution in [1.82, 2.24) is 4.90 Å². The Kier molecular flexibility index (Phi) is 5.27. The number of carbonyl (C=O) groups excluding carboxylic acids is 1. The van der Waals surface area contributed by atoms with Gasteiger partial charge in [0.2, 0.25) is 15.9 Å². The highest BCUT2D eigenvalue weighted by Gasteiger charge is 2.32. The van der Waals surface area contributed by atoms with Crippen LogP contribution in [0, 0.1) is 0 Å². The van der Waals surface area contributed by atoms with E-state index >= 15 is 0 Å². The molecule has 0 unspecified atom stereocenters. The number of primary sulfonamides is 1. The molecule has 2 N–H and O–H groups in total. The van der Waals surface area contributed by atoms with Crippen LogP contribution in [0.5, 0.6) is 0 Å². The third-order valence-electron chi connectivity index (χ3n) is 4.16. The van der Waals surface area contributed by atoms with Gasteiger partial charge in [-0.05, 0) is 48.2 Å². The molecule has 1 saturated carbocycles. The molecule has 2 aromatic rings. The number of amides is 1. The molecule has 0 aliphatic heterocycles. The lowest BCUT2D eigenvalue weighted by atomic mass is 10.1. The van der Waals surface area contributed by atoms with Gasteiger partial charge in [0.15, 0.2) is 0 Å². The quantitative estimate of drug-likeness (QED) is 0.776. The number of rotatable bonds is 6. The zero-order valence-electron chi connectivity index (χ0n) is 13.6. The van der Waals surface area contributed by atoms with E-state index in [1.807, 2.05) is 29.2 Å². The van der Waals surface area contributed by atoms with Crippen LogP contribution in [-0.4, -0.2) is 25.3 Å². The van der Waals surface area contributed by atoms with E-state index in [2.05, 4.69) is 15.9 Å². The average molecular weight is 423 g/mol. The molecule has 0 radical (unpaired) electrons. The molecule has 1 aliphatic carbocycles. The molecule has 0 heterocycles. The molecule has 3 rings (SSSR count). The molecule has 25 heavy (non-hydrogen) atoms. The van der Waals surface area contributed by atoms with Crippen LogP contribution in [0.25, 0.3) is 0 Å². The highest BCUT2D eigenvalue weighted by molar-refractivity contribution is 9.10. The van der Waals surface area contributed by atoms with E-state index in [0.717, 1.165) is 28.4 Å². The molecule has 0 aromatic heterocycles. The van der Waals surface area contributed by atoms with E-state index < -0.39 is 10.0 Å². The van der Waals surface area contributed by atoms with Gasteiger partial charge < -0.3 is 4.90 Å². The van der Waals surface area contributed by atoms with Crippen LogP contribution in [0.3, 0.4) is 0 Å². The second-order valence-electron chi connectivity index (χ2n) is 6.25. The van der Waals surface area contributed by atoms with Crippen LogP contribution >= 0.6 is 15.9 Å². The SMILES string of the molecule is NS(=O)(=O)c1ccc(CC(=O)N(Cc2cccc(Br)c2)C2CC2)cc1. The van der Waals surface area contributed by atoms with Crippen molar-refractivity contribution in [3.8, 4) is 0 Å². The summed E-state index contributed by atoms with van der Waals surface area (Å²) in [7, 11) is -3.71. The molecule has 5 nitrogen and oxygen atoms in total. The first-order valence-corrected chi connectivity index (χ1v) is 10.3. The van der Waals surface area contributed by atoms with Crippen LogP contribution in [0.15, 0.2) is 57.9 Å². The molecule has 0 atom stereocenters. The van der Waals surface area contributed by atoms with Gasteiger partial charge in [-0.15, -0.1) is 0 Å². The first kappa shape index (κ1) is 18.1. The van der Waals surface area contributed by atoms with E-state index in [-0.39, 0.29) is 17.2 Å². The molecule has 0 saturated heterocycles. The fraction of sp³-hybridized carbons (Fsp3) is 0.278. The number of hydrogen-bond donors (Lipinski definition) is 1. The van der Waals surface area contributed by atoms with Crippen molar-refractivity contribution < 1.29 is 13.2 Å². The standard InChI is InChI=1S/C18H19BrN2O3S/c19-15-3-1-2-14(10-15)12-21(16-6-7-16)18(22)11-13-4-8-17(9-5-13)25(20,23)24/h1-5,8-10,16H,6-7,11-12H2,(H2,20,23,24). The van der Waals surface area contributed by atoms with Crippen LogP contribution in [0.4, 0.5) is 0 Å². The molecular formula is C18H19BrN2O3S. The molecule has 7 heteroatoms. The van der Waals surface area contributed by atoms with Crippen molar-refractivity contribution in [2.75, 3.05) is 0 Å². The Hall–Kier alpha value is -1.70. The summed E-state index contributed by atoms with van der Waals surface area (Å²) in [6.45, 7) is 0.582. The topological polar surface area (TPSA) is 80.5 Å². The summed E-state index contributed by atoms with van der Waals surface area (Å²) in [4.78, 5) is 14.7. The third-order valence-corrected chi connectivity index (χ3v) is 5.58. The molecule has 0 spiro atoms. The van der Waals surface area contributed by atoms with Gasteiger partial charge in [-0.2, -0.15) is 0 Å². The fourth-order valence-corrected chi connectivity index (χ4v) is 3.67. The first-order valence-electron chi connectivity index (χ1n) is 7.98. The molecular weight excluding hydrogens is 404 g/mol. The summed E-state index contributed by atoms with van der Waals surface area (Å²) in [5, 5.41) is 5.10. The van der Waals surface area contributed by atoms with Crippen LogP contribution in [-0.2, 0) is 27.8 Å². The van der Waals surface area contributed by atoms with Crippen molar-refractivity contribution >= 4 is 31.9 Å². The van der Waals surface area contributed by atoms with E-state index in [1.54, 1.807) is 12.1 Å². The van der Waals surface area contributed by atoms with Gasteiger partial charge >= 0.3 is 0 Å². The summed E-state index contributed by atoms with van der Waals surface area (Å²) in [5.74, 6) is 0.0471. The van der Waals surface area contributed by atoms with Crippen molar-refractivity contribution in [2.45, 2.75) is 36.7 Å². The normalized spacial score (nSPS) is 14.3. The van der Waals surface area contributed by atoms with Gasteiger partial charge in [0, 0.05) is 17.1 Å². The summed E-state index contributed by atoms with van der Waals surface area (Å²) in [6, 6.07) is 14.4. The molecule has 1 aliphatic rings. The van der Waals surface area contributed by atoms with Gasteiger partial charge in [-0.1, -0.05) is 40.2 Å². The Morgan fingerprint density at radius 1 is 1.12 bits per heavy atom. The third kappa shape index (κ3) is 4.90. The second kappa shape index (κ2) is 7.27. The van der Waals surface area contributed by atoms with Crippen molar-refractivity contribution in [1.29, 1.82) is 0 Å². The van der Waals surface area contributed by atoms with E-state index in [1.165, 1.54) is 12.1 Å². The van der Waals surface area contributed by atoms with Crippen LogP contribution < -0.4 is 5.14 Å². The van der Waals surface area contributed by atoms with E-state index in [4.69, 9.17) is 5.14 Å².